The van der Waals surface area contributed by atoms with Crippen LogP contribution in [0.4, 0.5) is 11.8 Å². The normalized spacial score (nSPS) is 16.0. The van der Waals surface area contributed by atoms with Gasteiger partial charge in [-0.3, -0.25) is 4.90 Å². The summed E-state index contributed by atoms with van der Waals surface area (Å²) in [6.07, 6.45) is 3.07. The molecule has 0 amide bonds. The number of fused-ring (bicyclic) bond motifs is 1. The number of rotatable bonds is 5. The molecular weight excluding hydrogens is 412 g/mol. The first-order valence-electron chi connectivity index (χ1n) is 10.4. The maximum Gasteiger partial charge on any atom is 0.226 e. The third kappa shape index (κ3) is 4.77. The third-order valence-electron chi connectivity index (χ3n) is 5.71. The van der Waals surface area contributed by atoms with Gasteiger partial charge >= 0.3 is 0 Å². The summed E-state index contributed by atoms with van der Waals surface area (Å²) in [5.74, 6) is 0.940. The summed E-state index contributed by atoms with van der Waals surface area (Å²) >= 11 is 0. The van der Waals surface area contributed by atoms with Crippen LogP contribution in [0.25, 0.3) is 11.0 Å². The van der Waals surface area contributed by atoms with Gasteiger partial charge in [0.25, 0.3) is 0 Å². The number of benzene rings is 1. The minimum absolute atomic E-state index is 0.226. The highest BCUT2D eigenvalue weighted by Gasteiger charge is 2.22. The van der Waals surface area contributed by atoms with E-state index in [1.54, 1.807) is 12.1 Å². The molecule has 1 aliphatic heterocycles. The van der Waals surface area contributed by atoms with E-state index in [2.05, 4.69) is 25.2 Å². The number of aromatic nitrogens is 3. The van der Waals surface area contributed by atoms with Crippen LogP contribution in [0.15, 0.2) is 35.2 Å². The number of piperidine rings is 1. The van der Waals surface area contributed by atoms with E-state index in [4.69, 9.17) is 5.73 Å². The van der Waals surface area contributed by atoms with Crippen molar-refractivity contribution in [3.05, 3.63) is 47.2 Å². The number of hydrogen-bond acceptors (Lipinski definition) is 8. The van der Waals surface area contributed by atoms with E-state index >= 15 is 0 Å². The molecule has 8 nitrogen and oxygen atoms in total. The number of nitrogens with one attached hydrogen (secondary N) is 1. The number of anilines is 2. The van der Waals surface area contributed by atoms with Crippen molar-refractivity contribution in [2.45, 2.75) is 44.2 Å². The van der Waals surface area contributed by atoms with Crippen molar-refractivity contribution in [1.29, 1.82) is 0 Å². The number of sulfone groups is 1. The van der Waals surface area contributed by atoms with Crippen LogP contribution in [0.5, 0.6) is 0 Å². The first-order valence-corrected chi connectivity index (χ1v) is 12.3. The number of likely N-dealkylation sites (tertiary alicyclic amines) is 1. The summed E-state index contributed by atoms with van der Waals surface area (Å²) in [5.41, 5.74) is 9.56. The topological polar surface area (TPSA) is 114 Å². The van der Waals surface area contributed by atoms with Crippen LogP contribution in [0.2, 0.25) is 0 Å². The second-order valence-electron chi connectivity index (χ2n) is 8.29. The lowest BCUT2D eigenvalue weighted by Crippen LogP contribution is -2.39. The van der Waals surface area contributed by atoms with E-state index in [9.17, 15) is 8.42 Å². The van der Waals surface area contributed by atoms with E-state index < -0.39 is 9.84 Å². The highest BCUT2D eigenvalue weighted by Crippen LogP contribution is 2.25. The van der Waals surface area contributed by atoms with Crippen LogP contribution in [-0.2, 0) is 16.4 Å². The van der Waals surface area contributed by atoms with Crippen LogP contribution in [0, 0.1) is 13.8 Å². The Morgan fingerprint density at radius 3 is 2.55 bits per heavy atom. The van der Waals surface area contributed by atoms with Gasteiger partial charge in [0.1, 0.15) is 5.82 Å². The van der Waals surface area contributed by atoms with Crippen molar-refractivity contribution < 1.29 is 8.42 Å². The van der Waals surface area contributed by atoms with Crippen molar-refractivity contribution >= 4 is 32.6 Å². The molecule has 1 fully saturated rings. The summed E-state index contributed by atoms with van der Waals surface area (Å²) in [6, 6.07) is 9.43. The quantitative estimate of drug-likeness (QED) is 0.622. The molecule has 3 heterocycles. The van der Waals surface area contributed by atoms with Gasteiger partial charge in [0, 0.05) is 37.6 Å². The second-order valence-corrected chi connectivity index (χ2v) is 10.3. The van der Waals surface area contributed by atoms with Crippen molar-refractivity contribution in [3.8, 4) is 0 Å². The highest BCUT2D eigenvalue weighted by atomic mass is 32.2. The summed E-state index contributed by atoms with van der Waals surface area (Å²) in [5, 5.41) is 4.21. The molecule has 1 aliphatic rings. The van der Waals surface area contributed by atoms with Gasteiger partial charge in [-0.2, -0.15) is 9.97 Å². The molecule has 3 aromatic rings. The number of nitrogens with zero attached hydrogens (tertiary/aromatic N) is 4. The first kappa shape index (κ1) is 21.5. The third-order valence-corrected chi connectivity index (χ3v) is 6.90. The van der Waals surface area contributed by atoms with E-state index in [0.29, 0.717) is 28.9 Å². The summed E-state index contributed by atoms with van der Waals surface area (Å²) < 4.78 is 24.1. The Kier molecular flexibility index (Phi) is 5.81. The Morgan fingerprint density at radius 2 is 1.84 bits per heavy atom. The minimum atomic E-state index is -3.24. The van der Waals surface area contributed by atoms with Gasteiger partial charge in [-0.25, -0.2) is 13.4 Å². The second kappa shape index (κ2) is 8.39. The number of hydrogen-bond donors (Lipinski definition) is 2. The summed E-state index contributed by atoms with van der Waals surface area (Å²) in [7, 11) is -3.24. The summed E-state index contributed by atoms with van der Waals surface area (Å²) in [4.78, 5) is 16.2. The molecule has 31 heavy (non-hydrogen) atoms. The lowest BCUT2D eigenvalue weighted by atomic mass is 10.0. The Morgan fingerprint density at radius 1 is 1.13 bits per heavy atom. The first-order chi connectivity index (χ1) is 14.7. The van der Waals surface area contributed by atoms with E-state index in [0.717, 1.165) is 48.1 Å². The van der Waals surface area contributed by atoms with Gasteiger partial charge in [-0.05, 0) is 49.9 Å². The highest BCUT2D eigenvalue weighted by molar-refractivity contribution is 7.90. The molecule has 1 saturated heterocycles. The molecular formula is C22H28N6O2S. The molecule has 9 heteroatoms. The van der Waals surface area contributed by atoms with E-state index in [-0.39, 0.29) is 6.04 Å². The van der Waals surface area contributed by atoms with Crippen LogP contribution < -0.4 is 11.1 Å². The van der Waals surface area contributed by atoms with Gasteiger partial charge in [0.05, 0.1) is 10.3 Å². The smallest absolute Gasteiger partial charge is 0.226 e. The molecule has 164 valence electrons. The average Bonchev–Trinajstić information content (AvgIpc) is 2.68. The Hall–Kier alpha value is -2.78. The predicted molar refractivity (Wildman–Crippen MR) is 123 cm³/mol. The molecule has 4 rings (SSSR count). The molecule has 2 aromatic heterocycles. The molecule has 0 saturated carbocycles. The van der Waals surface area contributed by atoms with E-state index in [1.807, 2.05) is 32.0 Å². The van der Waals surface area contributed by atoms with Crippen LogP contribution >= 0.6 is 0 Å². The van der Waals surface area contributed by atoms with Crippen molar-refractivity contribution in [1.82, 2.24) is 19.9 Å². The zero-order valence-corrected chi connectivity index (χ0v) is 18.9. The standard InChI is InChI=1S/C22H28N6O2S/c1-14-12-15(2)24-21-19(14)20(23)26-22(27-21)25-17-8-10-28(11-9-17)13-16-6-4-5-7-18(16)31(3,29)30/h4-7,12,17H,8-11,13H2,1-3H3,(H3,23,24,25,26,27). The molecule has 0 aliphatic carbocycles. The maximum absolute atomic E-state index is 12.1. The molecule has 1 aromatic carbocycles. The van der Waals surface area contributed by atoms with Gasteiger partial charge in [-0.1, -0.05) is 18.2 Å². The number of pyridine rings is 1. The van der Waals surface area contributed by atoms with Crippen LogP contribution in [0.3, 0.4) is 0 Å². The van der Waals surface area contributed by atoms with Crippen molar-refractivity contribution in [2.24, 2.45) is 0 Å². The zero-order valence-electron chi connectivity index (χ0n) is 18.1. The fourth-order valence-corrected chi connectivity index (χ4v) is 5.16. The van der Waals surface area contributed by atoms with E-state index in [1.165, 1.54) is 6.26 Å². The molecule has 0 spiro atoms. The van der Waals surface area contributed by atoms with Gasteiger partial charge in [0.15, 0.2) is 15.5 Å². The lowest BCUT2D eigenvalue weighted by molar-refractivity contribution is 0.209. The number of nitrogens with two attached hydrogens (primary N) is 1. The Labute approximate surface area is 182 Å². The maximum atomic E-state index is 12.1. The Bertz CT molecular complexity index is 1220. The van der Waals surface area contributed by atoms with Crippen molar-refractivity contribution in [2.75, 3.05) is 30.4 Å². The van der Waals surface area contributed by atoms with Gasteiger partial charge < -0.3 is 11.1 Å². The number of aryl methyl sites for hydroxylation is 2. The minimum Gasteiger partial charge on any atom is -0.383 e. The van der Waals surface area contributed by atoms with Gasteiger partial charge in [-0.15, -0.1) is 0 Å². The predicted octanol–water partition coefficient (Wildman–Crippen LogP) is 2.70. The molecule has 0 radical (unpaired) electrons. The molecule has 3 N–H and O–H groups in total. The Balaban J connectivity index is 1.42. The lowest BCUT2D eigenvalue weighted by Gasteiger charge is -2.32. The zero-order chi connectivity index (χ0) is 22.2. The number of nitrogen functional groups attached to an aromatic ring is 1. The fraction of sp³-hybridized carbons (Fsp3) is 0.409. The monoisotopic (exact) mass is 440 g/mol. The van der Waals surface area contributed by atoms with Gasteiger partial charge in [0.2, 0.25) is 5.95 Å². The average molecular weight is 441 g/mol. The van der Waals surface area contributed by atoms with Crippen molar-refractivity contribution in [3.63, 3.8) is 0 Å². The largest absolute Gasteiger partial charge is 0.383 e. The van der Waals surface area contributed by atoms with Crippen LogP contribution in [0.1, 0.15) is 29.7 Å². The molecule has 0 atom stereocenters. The molecule has 0 unspecified atom stereocenters. The molecule has 0 bridgehead atoms. The fourth-order valence-electron chi connectivity index (χ4n) is 4.23. The van der Waals surface area contributed by atoms with Crippen LogP contribution in [-0.4, -0.2) is 53.7 Å². The summed E-state index contributed by atoms with van der Waals surface area (Å²) in [6.45, 7) is 6.26. The SMILES string of the molecule is Cc1cc(C)c2c(N)nc(NC3CCN(Cc4ccccc4S(C)(=O)=O)CC3)nc2n1.